The Bertz CT molecular complexity index is 1020. The highest BCUT2D eigenvalue weighted by atomic mass is 32.1. The number of nitrogens with zero attached hydrogens (tertiary/aromatic N) is 3. The van der Waals surface area contributed by atoms with Crippen molar-refractivity contribution in [3.05, 3.63) is 57.0 Å². The van der Waals surface area contributed by atoms with Crippen LogP contribution in [0.5, 0.6) is 0 Å². The van der Waals surface area contributed by atoms with Gasteiger partial charge in [0.15, 0.2) is 5.96 Å². The molecule has 28 heavy (non-hydrogen) atoms. The van der Waals surface area contributed by atoms with Crippen LogP contribution in [-0.2, 0) is 16.3 Å². The minimum Gasteiger partial charge on any atom is -0.369 e. The molecule has 3 rings (SSSR count). The Labute approximate surface area is 163 Å². The first-order chi connectivity index (χ1) is 13.0. The van der Waals surface area contributed by atoms with E-state index in [2.05, 4.69) is 4.99 Å². The molecular weight excluding hydrogens is 389 g/mol. The smallest absolute Gasteiger partial charge is 0.273 e. The van der Waals surface area contributed by atoms with E-state index in [-0.39, 0.29) is 11.5 Å². The minimum absolute atomic E-state index is 0.0205. The van der Waals surface area contributed by atoms with Crippen molar-refractivity contribution in [1.82, 2.24) is 4.90 Å². The van der Waals surface area contributed by atoms with Crippen LogP contribution in [0.3, 0.4) is 0 Å². The number of nitriles is 1. The number of carbonyl (C=O) groups excluding carboxylic acids is 1. The zero-order valence-electron chi connectivity index (χ0n) is 15.3. The summed E-state index contributed by atoms with van der Waals surface area (Å²) in [5.41, 5.74) is 4.13. The second-order valence-electron chi connectivity index (χ2n) is 6.85. The molecule has 0 radical (unpaired) electrons. The third-order valence-corrected chi connectivity index (χ3v) is 6.06. The first kappa shape index (κ1) is 19.9. The number of rotatable bonds is 3. The number of nitrogens with two attached hydrogens (primary N) is 1. The molecule has 0 saturated heterocycles. The van der Waals surface area contributed by atoms with Crippen LogP contribution in [0.4, 0.5) is 13.2 Å². The van der Waals surface area contributed by atoms with Gasteiger partial charge in [-0.3, -0.25) is 9.69 Å². The summed E-state index contributed by atoms with van der Waals surface area (Å²) in [6, 6.07) is 8.51. The Balaban J connectivity index is 2.19. The van der Waals surface area contributed by atoms with Gasteiger partial charge >= 0.3 is 0 Å². The molecule has 0 saturated carbocycles. The highest BCUT2D eigenvalue weighted by Crippen LogP contribution is 2.46. The van der Waals surface area contributed by atoms with Crippen molar-refractivity contribution in [2.45, 2.75) is 31.2 Å². The van der Waals surface area contributed by atoms with Crippen molar-refractivity contribution >= 4 is 23.2 Å². The molecule has 2 atom stereocenters. The number of likely N-dealkylation sites (N-methyl/N-ethyl adjacent to an activating group) is 1. The lowest BCUT2D eigenvalue weighted by atomic mass is 9.77. The fraction of sp³-hybridized carbons (Fsp3) is 0.316. The average molecular weight is 406 g/mol. The second kappa shape index (κ2) is 6.63. The van der Waals surface area contributed by atoms with Gasteiger partial charge in [-0.15, -0.1) is 11.3 Å². The zero-order chi connectivity index (χ0) is 20.9. The SMILES string of the molecule is CN1C(=O)[C@@H](c2ccc(C(C)(F)F)c(F)c2)[C@@](C)(c2ccc(C#N)s2)N=C1N. The number of amides is 1. The van der Waals surface area contributed by atoms with Crippen molar-refractivity contribution in [3.63, 3.8) is 0 Å². The lowest BCUT2D eigenvalue weighted by Gasteiger charge is -2.40. The highest BCUT2D eigenvalue weighted by molar-refractivity contribution is 7.12. The van der Waals surface area contributed by atoms with Crippen LogP contribution in [0.25, 0.3) is 0 Å². The molecule has 5 nitrogen and oxygen atoms in total. The van der Waals surface area contributed by atoms with Crippen LogP contribution in [-0.4, -0.2) is 23.8 Å². The number of benzene rings is 1. The number of alkyl halides is 2. The molecule has 1 aliphatic rings. The summed E-state index contributed by atoms with van der Waals surface area (Å²) >= 11 is 1.15. The fourth-order valence-electron chi connectivity index (χ4n) is 3.33. The average Bonchev–Trinajstić information content (AvgIpc) is 3.09. The normalized spacial score (nSPS) is 22.8. The molecule has 0 spiro atoms. The quantitative estimate of drug-likeness (QED) is 0.845. The molecule has 2 aromatic rings. The lowest BCUT2D eigenvalue weighted by Crippen LogP contribution is -2.52. The van der Waals surface area contributed by atoms with Gasteiger partial charge in [-0.1, -0.05) is 6.07 Å². The number of hydrogen-bond donors (Lipinski definition) is 1. The van der Waals surface area contributed by atoms with Crippen LogP contribution in [0.1, 0.15) is 40.6 Å². The molecule has 1 aliphatic heterocycles. The Morgan fingerprint density at radius 3 is 2.57 bits per heavy atom. The van der Waals surface area contributed by atoms with Gasteiger partial charge in [-0.05, 0) is 36.8 Å². The van der Waals surface area contributed by atoms with Crippen LogP contribution in [0.15, 0.2) is 35.3 Å². The Kier molecular flexibility index (Phi) is 4.71. The second-order valence-corrected chi connectivity index (χ2v) is 7.93. The van der Waals surface area contributed by atoms with Gasteiger partial charge in [0.1, 0.15) is 22.3 Å². The van der Waals surface area contributed by atoms with E-state index in [0.717, 1.165) is 28.4 Å². The molecule has 9 heteroatoms. The van der Waals surface area contributed by atoms with Gasteiger partial charge in [0.2, 0.25) is 5.91 Å². The number of thiophene rings is 1. The summed E-state index contributed by atoms with van der Waals surface area (Å²) < 4.78 is 41.5. The maximum atomic E-state index is 14.4. The molecule has 1 amide bonds. The Morgan fingerprint density at radius 2 is 2.04 bits per heavy atom. The summed E-state index contributed by atoms with van der Waals surface area (Å²) in [6.07, 6.45) is 0. The molecule has 2 N–H and O–H groups in total. The molecule has 1 aromatic carbocycles. The van der Waals surface area contributed by atoms with E-state index in [4.69, 9.17) is 11.0 Å². The molecule has 0 aliphatic carbocycles. The highest BCUT2D eigenvalue weighted by Gasteiger charge is 2.48. The maximum Gasteiger partial charge on any atom is 0.273 e. The van der Waals surface area contributed by atoms with E-state index in [1.54, 1.807) is 19.1 Å². The van der Waals surface area contributed by atoms with E-state index in [1.807, 2.05) is 6.07 Å². The van der Waals surface area contributed by atoms with E-state index in [1.165, 1.54) is 13.1 Å². The number of carbonyl (C=O) groups is 1. The van der Waals surface area contributed by atoms with Gasteiger partial charge in [-0.2, -0.15) is 5.26 Å². The fourth-order valence-corrected chi connectivity index (χ4v) is 4.25. The van der Waals surface area contributed by atoms with Crippen LogP contribution >= 0.6 is 11.3 Å². The molecule has 0 unspecified atom stereocenters. The van der Waals surface area contributed by atoms with Crippen LogP contribution < -0.4 is 5.73 Å². The van der Waals surface area contributed by atoms with Crippen molar-refractivity contribution in [1.29, 1.82) is 5.26 Å². The molecular formula is C19H17F3N4OS. The molecule has 2 heterocycles. The number of guanidine groups is 1. The first-order valence-electron chi connectivity index (χ1n) is 8.30. The zero-order valence-corrected chi connectivity index (χ0v) is 16.1. The predicted molar refractivity (Wildman–Crippen MR) is 99.5 cm³/mol. The number of aliphatic imine (C=N–C) groups is 1. The summed E-state index contributed by atoms with van der Waals surface area (Å²) in [7, 11) is 1.44. The van der Waals surface area contributed by atoms with Gasteiger partial charge in [0.25, 0.3) is 5.92 Å². The van der Waals surface area contributed by atoms with E-state index in [9.17, 15) is 18.0 Å². The number of hydrogen-bond acceptors (Lipinski definition) is 5. The van der Waals surface area contributed by atoms with Crippen molar-refractivity contribution in [3.8, 4) is 6.07 Å². The minimum atomic E-state index is -3.35. The first-order valence-corrected chi connectivity index (χ1v) is 9.11. The van der Waals surface area contributed by atoms with Gasteiger partial charge < -0.3 is 5.73 Å². The predicted octanol–water partition coefficient (Wildman–Crippen LogP) is 3.66. The van der Waals surface area contributed by atoms with Crippen LogP contribution in [0.2, 0.25) is 0 Å². The van der Waals surface area contributed by atoms with Crippen molar-refractivity contribution < 1.29 is 18.0 Å². The van der Waals surface area contributed by atoms with E-state index in [0.29, 0.717) is 16.7 Å². The Hall–Kier alpha value is -2.86. The molecule has 146 valence electrons. The summed E-state index contributed by atoms with van der Waals surface area (Å²) in [6.45, 7) is 2.26. The lowest BCUT2D eigenvalue weighted by molar-refractivity contribution is -0.130. The summed E-state index contributed by atoms with van der Waals surface area (Å²) in [5.74, 6) is -5.92. The van der Waals surface area contributed by atoms with E-state index < -0.39 is 34.7 Å². The molecule has 0 fully saturated rings. The van der Waals surface area contributed by atoms with Crippen molar-refractivity contribution in [2.24, 2.45) is 10.7 Å². The largest absolute Gasteiger partial charge is 0.369 e. The van der Waals surface area contributed by atoms with E-state index >= 15 is 0 Å². The number of halogens is 3. The molecule has 1 aromatic heterocycles. The topological polar surface area (TPSA) is 82.5 Å². The third kappa shape index (κ3) is 3.14. The van der Waals surface area contributed by atoms with Crippen molar-refractivity contribution in [2.75, 3.05) is 7.05 Å². The standard InChI is InChI=1S/C19H17F3N4OS/c1-18(14-7-5-11(9-23)28-14)15(16(27)26(3)17(24)25-18)10-4-6-12(13(20)8-10)19(2,21)22/h4-8,15H,1-3H3,(H2,24,25)/t15-,18-/m1/s1. The monoisotopic (exact) mass is 406 g/mol. The Morgan fingerprint density at radius 1 is 1.36 bits per heavy atom. The third-order valence-electron chi connectivity index (χ3n) is 4.84. The molecule has 0 bridgehead atoms. The summed E-state index contributed by atoms with van der Waals surface area (Å²) in [5, 5.41) is 9.11. The van der Waals surface area contributed by atoms with Gasteiger partial charge in [0, 0.05) is 18.8 Å². The maximum absolute atomic E-state index is 14.4. The summed E-state index contributed by atoms with van der Waals surface area (Å²) in [4.78, 5) is 19.6. The van der Waals surface area contributed by atoms with Gasteiger partial charge in [0.05, 0.1) is 11.5 Å². The van der Waals surface area contributed by atoms with Crippen LogP contribution in [0, 0.1) is 17.1 Å². The van der Waals surface area contributed by atoms with Gasteiger partial charge in [-0.25, -0.2) is 18.2 Å².